The molecule has 4 nitrogen and oxygen atoms in total. The summed E-state index contributed by atoms with van der Waals surface area (Å²) in [6, 6.07) is 17.3. The second-order valence-corrected chi connectivity index (χ2v) is 5.76. The molecule has 0 aliphatic rings. The molecule has 1 heterocycles. The molecule has 1 aromatic heterocycles. The Morgan fingerprint density at radius 3 is 2.43 bits per heavy atom. The smallest absolute Gasteiger partial charge is 0.215 e. The number of hydrogen-bond acceptors (Lipinski definition) is 4. The first-order valence-corrected chi connectivity index (χ1v) is 8.01. The van der Waals surface area contributed by atoms with Gasteiger partial charge in [0, 0.05) is 27.9 Å². The molecule has 0 fully saturated rings. The largest absolute Gasteiger partial charge is 0.298 e. The maximum Gasteiger partial charge on any atom is 0.215 e. The number of hydrogen-bond donors (Lipinski definition) is 0. The zero-order valence-electron chi connectivity index (χ0n) is 12.6. The van der Waals surface area contributed by atoms with Gasteiger partial charge in [-0.3, -0.25) is 9.36 Å². The van der Waals surface area contributed by atoms with Crippen LogP contribution in [-0.4, -0.2) is 17.1 Å². The van der Waals surface area contributed by atoms with Gasteiger partial charge in [-0.2, -0.15) is 5.10 Å². The van der Waals surface area contributed by atoms with Crippen LogP contribution < -0.4 is 4.80 Å². The van der Waals surface area contributed by atoms with Crippen LogP contribution in [0.3, 0.4) is 0 Å². The number of para-hydroxylation sites is 1. The third-order valence-corrected chi connectivity index (χ3v) is 4.29. The number of nitrogens with zero attached hydrogens (tertiary/aromatic N) is 3. The summed E-state index contributed by atoms with van der Waals surface area (Å²) in [6.45, 7) is 2.04. The Hall–Kier alpha value is -2.79. The van der Waals surface area contributed by atoms with E-state index < -0.39 is 0 Å². The highest BCUT2D eigenvalue weighted by Gasteiger charge is 2.03. The number of benzene rings is 2. The van der Waals surface area contributed by atoms with Gasteiger partial charge >= 0.3 is 0 Å². The molecule has 5 heteroatoms. The van der Waals surface area contributed by atoms with Crippen LogP contribution in [0, 0.1) is 6.92 Å². The van der Waals surface area contributed by atoms with E-state index in [2.05, 4.69) is 10.2 Å². The summed E-state index contributed by atoms with van der Waals surface area (Å²) >= 11 is 1.53. The Morgan fingerprint density at radius 2 is 1.70 bits per heavy atom. The van der Waals surface area contributed by atoms with Crippen molar-refractivity contribution < 1.29 is 4.79 Å². The van der Waals surface area contributed by atoms with Gasteiger partial charge in [0.2, 0.25) is 4.80 Å². The van der Waals surface area contributed by atoms with E-state index in [-0.39, 0.29) is 0 Å². The van der Waals surface area contributed by atoms with Crippen LogP contribution in [0.15, 0.2) is 70.2 Å². The minimum absolute atomic E-state index is 0.602. The van der Waals surface area contributed by atoms with Crippen molar-refractivity contribution in [1.29, 1.82) is 0 Å². The van der Waals surface area contributed by atoms with Crippen LogP contribution in [0.4, 0.5) is 0 Å². The minimum Gasteiger partial charge on any atom is -0.298 e. The molecule has 3 aromatic rings. The van der Waals surface area contributed by atoms with Gasteiger partial charge in [-0.15, -0.1) is 16.4 Å². The lowest BCUT2D eigenvalue weighted by atomic mass is 10.1. The fourth-order valence-electron chi connectivity index (χ4n) is 2.23. The van der Waals surface area contributed by atoms with Gasteiger partial charge in [-0.1, -0.05) is 42.5 Å². The Bertz CT molecular complexity index is 907. The van der Waals surface area contributed by atoms with E-state index in [4.69, 9.17) is 0 Å². The average molecular weight is 321 g/mol. The number of rotatable bonds is 4. The number of aryl methyl sites for hydroxylation is 1. The first-order valence-electron chi connectivity index (χ1n) is 7.13. The first-order chi connectivity index (χ1) is 11.3. The molecule has 0 aliphatic heterocycles. The van der Waals surface area contributed by atoms with Crippen LogP contribution >= 0.6 is 11.3 Å². The molecule has 0 atom stereocenters. The van der Waals surface area contributed by atoms with Crippen molar-refractivity contribution in [3.05, 3.63) is 81.6 Å². The van der Waals surface area contributed by atoms with Gasteiger partial charge < -0.3 is 0 Å². The second kappa shape index (κ2) is 6.98. The number of aromatic nitrogens is 1. The molecule has 0 N–H and O–H groups in total. The van der Waals surface area contributed by atoms with Crippen LogP contribution in [0.25, 0.3) is 5.69 Å². The molecule has 23 heavy (non-hydrogen) atoms. The molecule has 114 valence electrons. The van der Waals surface area contributed by atoms with E-state index in [9.17, 15) is 4.79 Å². The standard InChI is InChI=1S/C18H15N3OS/c1-14-13-23-18(21(14)17-9-3-2-4-10-17)20-19-11-15-7-5-6-8-16(15)12-22/h2-13H,1H3/b19-11-,20-18+. The quantitative estimate of drug-likeness (QED) is 0.411. The molecule has 0 bridgehead atoms. The summed E-state index contributed by atoms with van der Waals surface area (Å²) in [5.74, 6) is 0. The minimum atomic E-state index is 0.602. The topological polar surface area (TPSA) is 46.7 Å². The molecule has 2 aromatic carbocycles. The second-order valence-electron chi connectivity index (χ2n) is 4.92. The van der Waals surface area contributed by atoms with Crippen molar-refractivity contribution in [3.8, 4) is 5.69 Å². The molecular formula is C18H15N3OS. The van der Waals surface area contributed by atoms with E-state index in [1.54, 1.807) is 12.3 Å². The Morgan fingerprint density at radius 1 is 1.00 bits per heavy atom. The number of carbonyl (C=O) groups excluding carboxylic acids is 1. The number of aldehydes is 1. The van der Waals surface area contributed by atoms with Gasteiger partial charge in [-0.05, 0) is 19.1 Å². The van der Waals surface area contributed by atoms with Crippen molar-refractivity contribution in [2.75, 3.05) is 0 Å². The fraction of sp³-hybridized carbons (Fsp3) is 0.0556. The SMILES string of the molecule is Cc1cs/c(=N/N=C\c2ccccc2C=O)n1-c1ccccc1. The normalized spacial score (nSPS) is 12.0. The van der Waals surface area contributed by atoms with Crippen molar-refractivity contribution in [2.45, 2.75) is 6.92 Å². The van der Waals surface area contributed by atoms with E-state index in [1.807, 2.05) is 65.4 Å². The molecule has 0 saturated heterocycles. The summed E-state index contributed by atoms with van der Waals surface area (Å²) < 4.78 is 2.05. The summed E-state index contributed by atoms with van der Waals surface area (Å²) in [4.78, 5) is 11.8. The fourth-order valence-corrected chi connectivity index (χ4v) is 3.06. The zero-order valence-corrected chi connectivity index (χ0v) is 13.4. The summed E-state index contributed by atoms with van der Waals surface area (Å²) in [6.07, 6.45) is 2.43. The molecule has 0 saturated carbocycles. The maximum absolute atomic E-state index is 11.0. The molecule has 0 amide bonds. The Kier molecular flexibility index (Phi) is 4.59. The highest BCUT2D eigenvalue weighted by atomic mass is 32.1. The van der Waals surface area contributed by atoms with Crippen molar-refractivity contribution in [3.63, 3.8) is 0 Å². The Balaban J connectivity index is 1.98. The van der Waals surface area contributed by atoms with Crippen molar-refractivity contribution >= 4 is 23.8 Å². The first kappa shape index (κ1) is 15.1. The van der Waals surface area contributed by atoms with Gasteiger partial charge in [0.1, 0.15) is 0 Å². The highest BCUT2D eigenvalue weighted by molar-refractivity contribution is 7.07. The van der Waals surface area contributed by atoms with Crippen LogP contribution in [0.1, 0.15) is 21.6 Å². The van der Waals surface area contributed by atoms with E-state index in [0.717, 1.165) is 28.0 Å². The van der Waals surface area contributed by atoms with Gasteiger partial charge in [-0.25, -0.2) is 0 Å². The molecule has 3 rings (SSSR count). The monoisotopic (exact) mass is 321 g/mol. The van der Waals surface area contributed by atoms with Gasteiger partial charge in [0.25, 0.3) is 0 Å². The average Bonchev–Trinajstić information content (AvgIpc) is 2.97. The maximum atomic E-state index is 11.0. The van der Waals surface area contributed by atoms with Crippen molar-refractivity contribution in [2.24, 2.45) is 10.2 Å². The summed E-state index contributed by atoms with van der Waals surface area (Å²) in [5.41, 5.74) is 3.51. The highest BCUT2D eigenvalue weighted by Crippen LogP contribution is 2.10. The van der Waals surface area contributed by atoms with Crippen LogP contribution in [-0.2, 0) is 0 Å². The van der Waals surface area contributed by atoms with Crippen LogP contribution in [0.5, 0.6) is 0 Å². The third kappa shape index (κ3) is 3.35. The van der Waals surface area contributed by atoms with Crippen LogP contribution in [0.2, 0.25) is 0 Å². The lowest BCUT2D eigenvalue weighted by Crippen LogP contribution is -2.13. The van der Waals surface area contributed by atoms with Gasteiger partial charge in [0.05, 0.1) is 6.21 Å². The summed E-state index contributed by atoms with van der Waals surface area (Å²) in [5, 5.41) is 10.5. The van der Waals surface area contributed by atoms with Gasteiger partial charge in [0.15, 0.2) is 6.29 Å². The van der Waals surface area contributed by atoms with E-state index >= 15 is 0 Å². The lowest BCUT2D eigenvalue weighted by molar-refractivity contribution is 0.112. The van der Waals surface area contributed by atoms with Crippen molar-refractivity contribution in [1.82, 2.24) is 4.57 Å². The predicted octanol–water partition coefficient (Wildman–Crippen LogP) is 3.59. The summed E-state index contributed by atoms with van der Waals surface area (Å²) in [7, 11) is 0. The zero-order chi connectivity index (χ0) is 16.1. The third-order valence-electron chi connectivity index (χ3n) is 3.36. The lowest BCUT2D eigenvalue weighted by Gasteiger charge is -2.04. The van der Waals surface area contributed by atoms with E-state index in [1.165, 1.54) is 11.3 Å². The number of thiazole rings is 1. The molecule has 0 unspecified atom stereocenters. The Labute approximate surface area is 138 Å². The molecule has 0 aliphatic carbocycles. The van der Waals surface area contributed by atoms with E-state index in [0.29, 0.717) is 5.56 Å². The molecule has 0 radical (unpaired) electrons. The predicted molar refractivity (Wildman–Crippen MR) is 93.4 cm³/mol. The molecular weight excluding hydrogens is 306 g/mol. The number of carbonyl (C=O) groups is 1. The molecule has 0 spiro atoms.